The zero-order valence-electron chi connectivity index (χ0n) is 13.5. The molecule has 2 heterocycles. The second-order valence-electron chi connectivity index (χ2n) is 5.36. The first-order valence-corrected chi connectivity index (χ1v) is 8.55. The van der Waals surface area contributed by atoms with E-state index < -0.39 is 22.9 Å². The molecule has 0 fully saturated rings. The van der Waals surface area contributed by atoms with Crippen LogP contribution >= 0.6 is 11.8 Å². The van der Waals surface area contributed by atoms with Crippen LogP contribution in [0.5, 0.6) is 0 Å². The Kier molecular flexibility index (Phi) is 5.12. The number of halogens is 3. The molecule has 0 aliphatic rings. The fourth-order valence-corrected chi connectivity index (χ4v) is 3.26. The maximum atomic E-state index is 12.8. The normalized spacial score (nSPS) is 12.9. The van der Waals surface area contributed by atoms with Gasteiger partial charge in [-0.05, 0) is 24.6 Å². The number of fused-ring (bicyclic) bond motifs is 1. The van der Waals surface area contributed by atoms with Crippen molar-refractivity contribution in [3.8, 4) is 0 Å². The minimum Gasteiger partial charge on any atom is -0.341 e. The van der Waals surface area contributed by atoms with Gasteiger partial charge in [-0.1, -0.05) is 24.8 Å². The summed E-state index contributed by atoms with van der Waals surface area (Å²) in [5.74, 6) is -0.400. The smallest absolute Gasteiger partial charge is 0.341 e. The molecule has 136 valence electrons. The fourth-order valence-electron chi connectivity index (χ4n) is 2.29. The topological polar surface area (TPSA) is 83.6 Å². The molecule has 10 heteroatoms. The summed E-state index contributed by atoms with van der Waals surface area (Å²) in [6.07, 6.45) is -1.17. The summed E-state index contributed by atoms with van der Waals surface area (Å²) < 4.78 is 38.4. The van der Waals surface area contributed by atoms with Gasteiger partial charge in [0.25, 0.3) is 0 Å². The number of thioether (sulfide) groups is 1. The van der Waals surface area contributed by atoms with Gasteiger partial charge in [0.2, 0.25) is 5.91 Å². The third kappa shape index (κ3) is 3.96. The summed E-state index contributed by atoms with van der Waals surface area (Å²) in [7, 11) is 0. The zero-order valence-corrected chi connectivity index (χ0v) is 14.4. The molecule has 0 unspecified atom stereocenters. The Morgan fingerprint density at radius 1 is 1.31 bits per heavy atom. The highest BCUT2D eigenvalue weighted by atomic mass is 32.2. The number of anilines is 1. The van der Waals surface area contributed by atoms with Crippen LogP contribution in [0.2, 0.25) is 0 Å². The van der Waals surface area contributed by atoms with E-state index in [1.807, 2.05) is 6.92 Å². The summed E-state index contributed by atoms with van der Waals surface area (Å²) >= 11 is 1.20. The van der Waals surface area contributed by atoms with Crippen LogP contribution in [0.15, 0.2) is 41.9 Å². The molecule has 0 saturated heterocycles. The van der Waals surface area contributed by atoms with Gasteiger partial charge in [-0.25, -0.2) is 15.0 Å². The quantitative estimate of drug-likeness (QED) is 0.518. The van der Waals surface area contributed by atoms with E-state index in [2.05, 4.69) is 25.3 Å². The van der Waals surface area contributed by atoms with Crippen LogP contribution in [0.25, 0.3) is 11.2 Å². The molecule has 1 aromatic carbocycles. The highest BCUT2D eigenvalue weighted by Crippen LogP contribution is 2.32. The van der Waals surface area contributed by atoms with Crippen LogP contribution in [0, 0.1) is 0 Å². The highest BCUT2D eigenvalue weighted by Gasteiger charge is 2.30. The van der Waals surface area contributed by atoms with Crippen molar-refractivity contribution in [2.24, 2.45) is 0 Å². The van der Waals surface area contributed by atoms with Crippen molar-refractivity contribution >= 4 is 34.5 Å². The predicted molar refractivity (Wildman–Crippen MR) is 91.7 cm³/mol. The number of carbonyl (C=O) groups is 1. The number of aromatic amines is 1. The van der Waals surface area contributed by atoms with Crippen LogP contribution in [0.1, 0.15) is 18.9 Å². The summed E-state index contributed by atoms with van der Waals surface area (Å²) in [6, 6.07) is 4.54. The van der Waals surface area contributed by atoms with Crippen molar-refractivity contribution in [1.29, 1.82) is 0 Å². The molecule has 0 aliphatic heterocycles. The van der Waals surface area contributed by atoms with Gasteiger partial charge >= 0.3 is 6.18 Å². The number of amides is 1. The number of rotatable bonds is 5. The number of hydrogen-bond donors (Lipinski definition) is 2. The van der Waals surface area contributed by atoms with Gasteiger partial charge < -0.3 is 10.3 Å². The Bertz CT molecular complexity index is 927. The zero-order chi connectivity index (χ0) is 18.7. The van der Waals surface area contributed by atoms with Crippen molar-refractivity contribution in [2.45, 2.75) is 29.8 Å². The SMILES string of the molecule is CC[C@H](Sc1ncnc2nc[nH]c12)C(=O)Nc1cccc(C(F)(F)F)c1. The van der Waals surface area contributed by atoms with E-state index in [0.29, 0.717) is 22.6 Å². The van der Waals surface area contributed by atoms with Crippen LogP contribution in [0.4, 0.5) is 18.9 Å². The van der Waals surface area contributed by atoms with E-state index >= 15 is 0 Å². The van der Waals surface area contributed by atoms with E-state index in [0.717, 1.165) is 12.1 Å². The van der Waals surface area contributed by atoms with Crippen LogP contribution in [-0.2, 0) is 11.0 Å². The maximum Gasteiger partial charge on any atom is 0.416 e. The van der Waals surface area contributed by atoms with Gasteiger partial charge in [0.05, 0.1) is 17.1 Å². The lowest BCUT2D eigenvalue weighted by Gasteiger charge is -2.15. The Balaban J connectivity index is 1.76. The third-order valence-electron chi connectivity index (χ3n) is 3.56. The standard InChI is InChI=1S/C16H14F3N5OS/c1-2-11(26-15-12-13(21-7-20-12)22-8-23-15)14(25)24-10-5-3-4-9(6-10)16(17,18)19/h3-8,11H,2H2,1H3,(H,24,25)(H,20,21,22,23)/t11-/m0/s1. The number of H-pyrrole nitrogens is 1. The second-order valence-corrected chi connectivity index (χ2v) is 6.55. The molecule has 0 spiro atoms. The van der Waals surface area contributed by atoms with Crippen molar-refractivity contribution in [3.63, 3.8) is 0 Å². The Hall–Kier alpha value is -2.62. The third-order valence-corrected chi connectivity index (χ3v) is 4.93. The number of nitrogens with zero attached hydrogens (tertiary/aromatic N) is 3. The summed E-state index contributed by atoms with van der Waals surface area (Å²) in [5.41, 5.74) is 0.377. The number of carbonyl (C=O) groups excluding carboxylic acids is 1. The van der Waals surface area contributed by atoms with Gasteiger partial charge in [-0.2, -0.15) is 13.2 Å². The molecule has 1 atom stereocenters. The molecule has 3 aromatic rings. The van der Waals surface area contributed by atoms with Crippen molar-refractivity contribution in [1.82, 2.24) is 19.9 Å². The maximum absolute atomic E-state index is 12.8. The molecule has 1 amide bonds. The van der Waals surface area contributed by atoms with Crippen molar-refractivity contribution in [3.05, 3.63) is 42.5 Å². The molecular weight excluding hydrogens is 367 g/mol. The molecule has 0 saturated carbocycles. The summed E-state index contributed by atoms with van der Waals surface area (Å²) in [5, 5.41) is 2.56. The van der Waals surface area contributed by atoms with E-state index in [1.165, 1.54) is 36.5 Å². The van der Waals surface area contributed by atoms with Crippen LogP contribution < -0.4 is 5.32 Å². The number of hydrogen-bond acceptors (Lipinski definition) is 5. The van der Waals surface area contributed by atoms with E-state index in [-0.39, 0.29) is 5.69 Å². The van der Waals surface area contributed by atoms with Crippen LogP contribution in [-0.4, -0.2) is 31.1 Å². The van der Waals surface area contributed by atoms with Crippen molar-refractivity contribution in [2.75, 3.05) is 5.32 Å². The minimum atomic E-state index is -4.47. The first kappa shape index (κ1) is 18.2. The molecule has 2 N–H and O–H groups in total. The van der Waals surface area contributed by atoms with Gasteiger partial charge in [-0.3, -0.25) is 4.79 Å². The molecule has 3 rings (SSSR count). The molecule has 0 aliphatic carbocycles. The van der Waals surface area contributed by atoms with Crippen LogP contribution in [0.3, 0.4) is 0 Å². The largest absolute Gasteiger partial charge is 0.416 e. The van der Waals surface area contributed by atoms with Gasteiger partial charge in [-0.15, -0.1) is 0 Å². The number of alkyl halides is 3. The minimum absolute atomic E-state index is 0.0956. The number of nitrogens with one attached hydrogen (secondary N) is 2. The lowest BCUT2D eigenvalue weighted by molar-refractivity contribution is -0.137. The van der Waals surface area contributed by atoms with Gasteiger partial charge in [0.15, 0.2) is 5.65 Å². The first-order chi connectivity index (χ1) is 12.4. The Labute approximate surface area is 150 Å². The van der Waals surface area contributed by atoms with Gasteiger partial charge in [0.1, 0.15) is 16.9 Å². The number of imidazole rings is 1. The second kappa shape index (κ2) is 7.32. The summed E-state index contributed by atoms with van der Waals surface area (Å²) in [4.78, 5) is 27.6. The monoisotopic (exact) mass is 381 g/mol. The lowest BCUT2D eigenvalue weighted by Crippen LogP contribution is -2.25. The summed E-state index contributed by atoms with van der Waals surface area (Å²) in [6.45, 7) is 1.81. The first-order valence-electron chi connectivity index (χ1n) is 7.67. The fraction of sp³-hybridized carbons (Fsp3) is 0.250. The van der Waals surface area contributed by atoms with E-state index in [4.69, 9.17) is 0 Å². The van der Waals surface area contributed by atoms with E-state index in [1.54, 1.807) is 0 Å². The average Bonchev–Trinajstić information content (AvgIpc) is 3.08. The lowest BCUT2D eigenvalue weighted by atomic mass is 10.2. The Morgan fingerprint density at radius 2 is 2.12 bits per heavy atom. The molecule has 26 heavy (non-hydrogen) atoms. The molecular formula is C16H14F3N5OS. The highest BCUT2D eigenvalue weighted by molar-refractivity contribution is 8.00. The molecule has 6 nitrogen and oxygen atoms in total. The number of benzene rings is 1. The van der Waals surface area contributed by atoms with Gasteiger partial charge in [0, 0.05) is 5.69 Å². The predicted octanol–water partition coefficient (Wildman–Crippen LogP) is 3.88. The molecule has 0 bridgehead atoms. The Morgan fingerprint density at radius 3 is 2.85 bits per heavy atom. The molecule has 2 aromatic heterocycles. The van der Waals surface area contributed by atoms with Crippen molar-refractivity contribution < 1.29 is 18.0 Å². The average molecular weight is 381 g/mol. The van der Waals surface area contributed by atoms with E-state index in [9.17, 15) is 18.0 Å². The number of aromatic nitrogens is 4. The molecule has 0 radical (unpaired) electrons.